The van der Waals surface area contributed by atoms with Crippen molar-refractivity contribution >= 4 is 16.9 Å². The van der Waals surface area contributed by atoms with Gasteiger partial charge in [0.15, 0.2) is 0 Å². The number of morpholine rings is 1. The van der Waals surface area contributed by atoms with Gasteiger partial charge in [0, 0.05) is 45.1 Å². The monoisotopic (exact) mass is 358 g/mol. The number of carbonyl (C=O) groups is 1. The first-order chi connectivity index (χ1) is 12.7. The molecule has 0 aliphatic carbocycles. The number of ether oxygens (including phenoxy) is 1. The number of nitrogens with zero attached hydrogens (tertiary/aromatic N) is 3. The lowest BCUT2D eigenvalue weighted by Gasteiger charge is -2.32. The van der Waals surface area contributed by atoms with Crippen molar-refractivity contribution in [2.75, 3.05) is 32.8 Å². The van der Waals surface area contributed by atoms with Crippen molar-refractivity contribution in [3.05, 3.63) is 30.1 Å². The molecular weight excluding hydrogens is 328 g/mol. The van der Waals surface area contributed by atoms with E-state index in [0.29, 0.717) is 19.0 Å². The molecule has 142 valence electrons. The summed E-state index contributed by atoms with van der Waals surface area (Å²) in [7, 11) is 0. The molecule has 1 atom stereocenters. The fraction of sp³-hybridized carbons (Fsp3) is 0.600. The SMILES string of the molecule is CCn1c(CCNC(=O)CCC(C)N2CCOCC2)nc2ccccc21. The molecule has 0 radical (unpaired) electrons. The molecular formula is C20H30N4O2. The van der Waals surface area contributed by atoms with Gasteiger partial charge in [-0.05, 0) is 32.4 Å². The largest absolute Gasteiger partial charge is 0.379 e. The number of amides is 1. The first-order valence-electron chi connectivity index (χ1n) is 9.71. The highest BCUT2D eigenvalue weighted by Crippen LogP contribution is 2.16. The third kappa shape index (κ3) is 4.62. The summed E-state index contributed by atoms with van der Waals surface area (Å²) < 4.78 is 7.61. The van der Waals surface area contributed by atoms with E-state index in [-0.39, 0.29) is 5.91 Å². The van der Waals surface area contributed by atoms with Crippen molar-refractivity contribution in [1.29, 1.82) is 0 Å². The Kier molecular flexibility index (Phi) is 6.63. The predicted octanol–water partition coefficient (Wildman–Crippen LogP) is 2.22. The molecule has 6 heteroatoms. The Morgan fingerprint density at radius 2 is 2.08 bits per heavy atom. The zero-order valence-corrected chi connectivity index (χ0v) is 15.9. The molecule has 1 N–H and O–H groups in total. The van der Waals surface area contributed by atoms with E-state index in [9.17, 15) is 4.79 Å². The Labute approximate surface area is 155 Å². The molecule has 3 rings (SSSR count). The smallest absolute Gasteiger partial charge is 0.220 e. The minimum atomic E-state index is 0.129. The highest BCUT2D eigenvalue weighted by Gasteiger charge is 2.17. The fourth-order valence-electron chi connectivity index (χ4n) is 3.61. The number of carbonyl (C=O) groups excluding carboxylic acids is 1. The van der Waals surface area contributed by atoms with Crippen LogP contribution in [0, 0.1) is 0 Å². The van der Waals surface area contributed by atoms with Gasteiger partial charge in [0.2, 0.25) is 5.91 Å². The first kappa shape index (κ1) is 18.9. The van der Waals surface area contributed by atoms with Gasteiger partial charge in [0.05, 0.1) is 24.2 Å². The molecule has 0 saturated carbocycles. The Morgan fingerprint density at radius 3 is 2.85 bits per heavy atom. The van der Waals surface area contributed by atoms with Crippen LogP contribution in [0.25, 0.3) is 11.0 Å². The quantitative estimate of drug-likeness (QED) is 0.786. The summed E-state index contributed by atoms with van der Waals surface area (Å²) in [5, 5.41) is 3.05. The fourth-order valence-corrected chi connectivity index (χ4v) is 3.61. The summed E-state index contributed by atoms with van der Waals surface area (Å²) >= 11 is 0. The van der Waals surface area contributed by atoms with Gasteiger partial charge >= 0.3 is 0 Å². The van der Waals surface area contributed by atoms with Crippen LogP contribution in [0.15, 0.2) is 24.3 Å². The molecule has 1 aliphatic heterocycles. The number of hydrogen-bond acceptors (Lipinski definition) is 4. The molecule has 1 unspecified atom stereocenters. The van der Waals surface area contributed by atoms with E-state index in [2.05, 4.69) is 34.7 Å². The number of imidazole rings is 1. The van der Waals surface area contributed by atoms with E-state index in [1.807, 2.05) is 18.2 Å². The van der Waals surface area contributed by atoms with E-state index in [4.69, 9.17) is 9.72 Å². The van der Waals surface area contributed by atoms with Gasteiger partial charge in [0.25, 0.3) is 0 Å². The summed E-state index contributed by atoms with van der Waals surface area (Å²) in [4.78, 5) is 19.3. The number of para-hydroxylation sites is 2. The predicted molar refractivity (Wildman–Crippen MR) is 103 cm³/mol. The Balaban J connectivity index is 1.43. The lowest BCUT2D eigenvalue weighted by Crippen LogP contribution is -2.42. The maximum Gasteiger partial charge on any atom is 0.220 e. The van der Waals surface area contributed by atoms with Crippen molar-refractivity contribution in [3.63, 3.8) is 0 Å². The topological polar surface area (TPSA) is 59.4 Å². The van der Waals surface area contributed by atoms with Crippen molar-refractivity contribution in [2.45, 2.75) is 45.7 Å². The van der Waals surface area contributed by atoms with Crippen LogP contribution in [-0.4, -0.2) is 59.2 Å². The Morgan fingerprint density at radius 1 is 1.31 bits per heavy atom. The van der Waals surface area contributed by atoms with Crippen LogP contribution in [0.1, 0.15) is 32.5 Å². The van der Waals surface area contributed by atoms with Crippen molar-refractivity contribution < 1.29 is 9.53 Å². The summed E-state index contributed by atoms with van der Waals surface area (Å²) in [5.41, 5.74) is 2.19. The average molecular weight is 358 g/mol. The number of benzene rings is 1. The van der Waals surface area contributed by atoms with Crippen LogP contribution in [0.3, 0.4) is 0 Å². The van der Waals surface area contributed by atoms with Crippen molar-refractivity contribution in [3.8, 4) is 0 Å². The number of aromatic nitrogens is 2. The maximum atomic E-state index is 12.2. The number of fused-ring (bicyclic) bond motifs is 1. The van der Waals surface area contributed by atoms with Gasteiger partial charge in [0.1, 0.15) is 5.82 Å². The van der Waals surface area contributed by atoms with Crippen LogP contribution < -0.4 is 5.32 Å². The lowest BCUT2D eigenvalue weighted by molar-refractivity contribution is -0.121. The minimum absolute atomic E-state index is 0.129. The molecule has 2 aromatic rings. The summed E-state index contributed by atoms with van der Waals surface area (Å²) in [6.45, 7) is 9.39. The van der Waals surface area contributed by atoms with Crippen molar-refractivity contribution in [2.24, 2.45) is 0 Å². The first-order valence-corrected chi connectivity index (χ1v) is 9.71. The van der Waals surface area contributed by atoms with Gasteiger partial charge in [-0.25, -0.2) is 4.98 Å². The van der Waals surface area contributed by atoms with Crippen LogP contribution in [0.2, 0.25) is 0 Å². The Bertz CT molecular complexity index is 722. The van der Waals surface area contributed by atoms with Gasteiger partial charge in [-0.1, -0.05) is 12.1 Å². The van der Waals surface area contributed by atoms with Crippen LogP contribution in [-0.2, 0) is 22.5 Å². The molecule has 1 aromatic carbocycles. The minimum Gasteiger partial charge on any atom is -0.379 e. The average Bonchev–Trinajstić information content (AvgIpc) is 3.04. The zero-order chi connectivity index (χ0) is 18.4. The number of nitrogens with one attached hydrogen (secondary N) is 1. The molecule has 2 heterocycles. The highest BCUT2D eigenvalue weighted by molar-refractivity contribution is 5.76. The van der Waals surface area contributed by atoms with E-state index in [1.54, 1.807) is 0 Å². The van der Waals surface area contributed by atoms with Crippen molar-refractivity contribution in [1.82, 2.24) is 19.8 Å². The third-order valence-electron chi connectivity index (χ3n) is 5.18. The normalized spacial score (nSPS) is 16.7. The van der Waals surface area contributed by atoms with Crippen LogP contribution in [0.5, 0.6) is 0 Å². The summed E-state index contributed by atoms with van der Waals surface area (Å²) in [6, 6.07) is 8.61. The second-order valence-corrected chi connectivity index (χ2v) is 6.90. The molecule has 1 aliphatic rings. The second kappa shape index (κ2) is 9.14. The van der Waals surface area contributed by atoms with Gasteiger partial charge < -0.3 is 14.6 Å². The molecule has 0 spiro atoms. The maximum absolute atomic E-state index is 12.2. The highest BCUT2D eigenvalue weighted by atomic mass is 16.5. The van der Waals surface area contributed by atoms with E-state index in [1.165, 1.54) is 0 Å². The number of rotatable bonds is 8. The Hall–Kier alpha value is -1.92. The van der Waals surface area contributed by atoms with Crippen LogP contribution >= 0.6 is 0 Å². The molecule has 26 heavy (non-hydrogen) atoms. The molecule has 1 saturated heterocycles. The van der Waals surface area contributed by atoms with E-state index < -0.39 is 0 Å². The molecule has 6 nitrogen and oxygen atoms in total. The lowest BCUT2D eigenvalue weighted by atomic mass is 10.1. The van der Waals surface area contributed by atoms with E-state index in [0.717, 1.165) is 62.5 Å². The molecule has 1 fully saturated rings. The molecule has 1 aromatic heterocycles. The van der Waals surface area contributed by atoms with E-state index >= 15 is 0 Å². The standard InChI is InChI=1S/C20H30N4O2/c1-3-24-18-7-5-4-6-17(18)22-19(24)10-11-21-20(25)9-8-16(2)23-12-14-26-15-13-23/h4-7,16H,3,8-15H2,1-2H3,(H,21,25). The molecule has 0 bridgehead atoms. The van der Waals surface area contributed by atoms with Crippen LogP contribution in [0.4, 0.5) is 0 Å². The summed E-state index contributed by atoms with van der Waals surface area (Å²) in [6.07, 6.45) is 2.22. The number of aryl methyl sites for hydroxylation is 1. The van der Waals surface area contributed by atoms with Gasteiger partial charge in [-0.15, -0.1) is 0 Å². The van der Waals surface area contributed by atoms with Gasteiger partial charge in [-0.2, -0.15) is 0 Å². The zero-order valence-electron chi connectivity index (χ0n) is 15.9. The van der Waals surface area contributed by atoms with Gasteiger partial charge in [-0.3, -0.25) is 9.69 Å². The third-order valence-corrected chi connectivity index (χ3v) is 5.18. The second-order valence-electron chi connectivity index (χ2n) is 6.90. The number of hydrogen-bond donors (Lipinski definition) is 1. The summed E-state index contributed by atoms with van der Waals surface area (Å²) in [5.74, 6) is 1.17. The molecule has 1 amide bonds.